The van der Waals surface area contributed by atoms with Crippen LogP contribution < -0.4 is 4.74 Å². The van der Waals surface area contributed by atoms with Crippen molar-refractivity contribution in [1.82, 2.24) is 0 Å². The molecule has 0 aromatic heterocycles. The molecule has 0 atom stereocenters. The number of carboxylic acids is 1. The maximum Gasteiger partial charge on any atom is 0.307 e. The molecule has 0 unspecified atom stereocenters. The summed E-state index contributed by atoms with van der Waals surface area (Å²) in [7, 11) is 1.65. The van der Waals surface area contributed by atoms with Crippen LogP contribution in [0, 0.1) is 0 Å². The van der Waals surface area contributed by atoms with Gasteiger partial charge < -0.3 is 9.84 Å². The van der Waals surface area contributed by atoms with Crippen LogP contribution in [0.1, 0.15) is 5.56 Å². The number of methoxy groups -OCH3 is 1. The Morgan fingerprint density at radius 2 is 1.72 bits per heavy atom. The number of hydrogen-bond donors (Lipinski definition) is 1. The number of aliphatic carboxylic acids is 1. The molecule has 2 aromatic carbocycles. The highest BCUT2D eigenvalue weighted by Gasteiger charge is 2.23. The third-order valence-electron chi connectivity index (χ3n) is 3.25. The molecule has 0 saturated carbocycles. The predicted octanol–water partition coefficient (Wildman–Crippen LogP) is 2.97. The Balaban J connectivity index is 2.00. The molecule has 90 valence electrons. The maximum absolute atomic E-state index is 10.7. The Bertz CT molecular complexity index is 644. The van der Waals surface area contributed by atoms with Crippen LogP contribution in [0.2, 0.25) is 0 Å². The molecular formula is C15H12O3. The summed E-state index contributed by atoms with van der Waals surface area (Å²) in [4.78, 5) is 10.7. The lowest BCUT2D eigenvalue weighted by atomic mass is 9.79. The van der Waals surface area contributed by atoms with Crippen molar-refractivity contribution in [2.75, 3.05) is 7.11 Å². The smallest absolute Gasteiger partial charge is 0.307 e. The zero-order valence-corrected chi connectivity index (χ0v) is 9.93. The SMILES string of the molecule is COc1ccc2c(c1)-c1ccc(CC(=O)O)cc1-2. The van der Waals surface area contributed by atoms with Crippen LogP contribution in [0.25, 0.3) is 22.3 Å². The lowest BCUT2D eigenvalue weighted by Crippen LogP contribution is -2.04. The van der Waals surface area contributed by atoms with Gasteiger partial charge in [0.1, 0.15) is 5.75 Å². The van der Waals surface area contributed by atoms with Crippen LogP contribution in [0.4, 0.5) is 0 Å². The van der Waals surface area contributed by atoms with Crippen molar-refractivity contribution in [3.63, 3.8) is 0 Å². The molecule has 3 heteroatoms. The van der Waals surface area contributed by atoms with Gasteiger partial charge in [-0.25, -0.2) is 0 Å². The first-order valence-electron chi connectivity index (χ1n) is 5.72. The normalized spacial score (nSPS) is 11.2. The van der Waals surface area contributed by atoms with Gasteiger partial charge in [0.05, 0.1) is 13.5 Å². The van der Waals surface area contributed by atoms with Crippen molar-refractivity contribution < 1.29 is 14.6 Å². The first kappa shape index (κ1) is 10.8. The monoisotopic (exact) mass is 240 g/mol. The third kappa shape index (κ3) is 1.56. The van der Waals surface area contributed by atoms with Crippen molar-refractivity contribution in [1.29, 1.82) is 0 Å². The lowest BCUT2D eigenvalue weighted by Gasteiger charge is -2.25. The van der Waals surface area contributed by atoms with Gasteiger partial charge in [0.25, 0.3) is 0 Å². The molecule has 0 spiro atoms. The Kier molecular flexibility index (Phi) is 2.33. The molecule has 1 N–H and O–H groups in total. The molecule has 1 aliphatic rings. The molecule has 0 heterocycles. The Hall–Kier alpha value is -2.29. The first-order valence-corrected chi connectivity index (χ1v) is 5.72. The van der Waals surface area contributed by atoms with E-state index in [-0.39, 0.29) is 6.42 Å². The van der Waals surface area contributed by atoms with E-state index in [1.54, 1.807) is 7.11 Å². The van der Waals surface area contributed by atoms with E-state index >= 15 is 0 Å². The summed E-state index contributed by atoms with van der Waals surface area (Å²) in [6.45, 7) is 0. The van der Waals surface area contributed by atoms with Crippen molar-refractivity contribution in [3.05, 3.63) is 42.0 Å². The second kappa shape index (κ2) is 3.88. The molecule has 2 aromatic rings. The van der Waals surface area contributed by atoms with Gasteiger partial charge in [0, 0.05) is 0 Å². The minimum Gasteiger partial charge on any atom is -0.497 e. The molecule has 3 nitrogen and oxygen atoms in total. The van der Waals surface area contributed by atoms with Crippen LogP contribution in [0.5, 0.6) is 5.75 Å². The summed E-state index contributed by atoms with van der Waals surface area (Å²) in [5.74, 6) is 0.0400. The molecule has 0 fully saturated rings. The van der Waals surface area contributed by atoms with Gasteiger partial charge >= 0.3 is 5.97 Å². The number of carboxylic acid groups (broad SMARTS) is 1. The minimum absolute atomic E-state index is 0.0682. The van der Waals surface area contributed by atoms with Crippen LogP contribution >= 0.6 is 0 Å². The van der Waals surface area contributed by atoms with Gasteiger partial charge in [-0.2, -0.15) is 0 Å². The van der Waals surface area contributed by atoms with Crippen LogP contribution in [0.3, 0.4) is 0 Å². The van der Waals surface area contributed by atoms with E-state index in [1.807, 2.05) is 36.4 Å². The highest BCUT2D eigenvalue weighted by Crippen LogP contribution is 2.48. The van der Waals surface area contributed by atoms with Gasteiger partial charge in [-0.1, -0.05) is 18.2 Å². The molecule has 0 amide bonds. The van der Waals surface area contributed by atoms with E-state index in [4.69, 9.17) is 9.84 Å². The first-order chi connectivity index (χ1) is 8.69. The van der Waals surface area contributed by atoms with Crippen molar-refractivity contribution in [3.8, 4) is 28.0 Å². The Labute approximate surface area is 105 Å². The zero-order chi connectivity index (χ0) is 12.7. The number of fused-ring (bicyclic) bond motifs is 4. The van der Waals surface area contributed by atoms with Crippen LogP contribution in [0.15, 0.2) is 36.4 Å². The lowest BCUT2D eigenvalue weighted by molar-refractivity contribution is -0.136. The topological polar surface area (TPSA) is 46.5 Å². The van der Waals surface area contributed by atoms with Crippen molar-refractivity contribution >= 4 is 5.97 Å². The molecule has 3 rings (SSSR count). The largest absolute Gasteiger partial charge is 0.497 e. The summed E-state index contributed by atoms with van der Waals surface area (Å²) >= 11 is 0. The molecular weight excluding hydrogens is 228 g/mol. The standard InChI is InChI=1S/C15H12O3/c1-18-10-3-5-12-13-6-9(7-15(16)17)2-4-11(13)14(12)8-10/h2-6,8H,7H2,1H3,(H,16,17). The van der Waals surface area contributed by atoms with Gasteiger partial charge in [-0.15, -0.1) is 0 Å². The number of hydrogen-bond acceptors (Lipinski definition) is 2. The van der Waals surface area contributed by atoms with Gasteiger partial charge in [-0.05, 0) is 46.0 Å². The number of ether oxygens (including phenoxy) is 1. The summed E-state index contributed by atoms with van der Waals surface area (Å²) in [6, 6.07) is 11.8. The summed E-state index contributed by atoms with van der Waals surface area (Å²) in [5.41, 5.74) is 5.47. The van der Waals surface area contributed by atoms with Gasteiger partial charge in [0.2, 0.25) is 0 Å². The number of rotatable bonds is 3. The summed E-state index contributed by atoms with van der Waals surface area (Å²) < 4.78 is 5.20. The summed E-state index contributed by atoms with van der Waals surface area (Å²) in [6.07, 6.45) is 0.0682. The van der Waals surface area contributed by atoms with E-state index in [0.717, 1.165) is 28.0 Å². The Morgan fingerprint density at radius 1 is 1.06 bits per heavy atom. The molecule has 1 aliphatic carbocycles. The van der Waals surface area contributed by atoms with Crippen molar-refractivity contribution in [2.24, 2.45) is 0 Å². The molecule has 0 aliphatic heterocycles. The summed E-state index contributed by atoms with van der Waals surface area (Å²) in [5, 5.41) is 8.79. The van der Waals surface area contributed by atoms with Crippen molar-refractivity contribution in [2.45, 2.75) is 6.42 Å². The van der Waals surface area contributed by atoms with E-state index in [2.05, 4.69) is 0 Å². The molecule has 0 saturated heterocycles. The van der Waals surface area contributed by atoms with E-state index in [0.29, 0.717) is 0 Å². The third-order valence-corrected chi connectivity index (χ3v) is 3.25. The Morgan fingerprint density at radius 3 is 2.39 bits per heavy atom. The van der Waals surface area contributed by atoms with Crippen LogP contribution in [-0.4, -0.2) is 18.2 Å². The fourth-order valence-corrected chi connectivity index (χ4v) is 2.38. The average molecular weight is 240 g/mol. The molecule has 0 bridgehead atoms. The predicted molar refractivity (Wildman–Crippen MR) is 68.8 cm³/mol. The number of benzene rings is 2. The van der Waals surface area contributed by atoms with E-state index in [1.165, 1.54) is 5.56 Å². The van der Waals surface area contributed by atoms with Gasteiger partial charge in [-0.3, -0.25) is 4.79 Å². The van der Waals surface area contributed by atoms with E-state index < -0.39 is 5.97 Å². The fourth-order valence-electron chi connectivity index (χ4n) is 2.38. The zero-order valence-electron chi connectivity index (χ0n) is 9.93. The average Bonchev–Trinajstić information content (AvgIpc) is 2.35. The highest BCUT2D eigenvalue weighted by atomic mass is 16.5. The van der Waals surface area contributed by atoms with Crippen LogP contribution in [-0.2, 0) is 11.2 Å². The van der Waals surface area contributed by atoms with E-state index in [9.17, 15) is 4.79 Å². The molecule has 18 heavy (non-hydrogen) atoms. The number of carbonyl (C=O) groups is 1. The maximum atomic E-state index is 10.7. The van der Waals surface area contributed by atoms with Gasteiger partial charge in [0.15, 0.2) is 0 Å². The molecule has 0 radical (unpaired) electrons. The highest BCUT2D eigenvalue weighted by molar-refractivity contribution is 6.03. The second-order valence-electron chi connectivity index (χ2n) is 4.36. The fraction of sp³-hybridized carbons (Fsp3) is 0.133. The minimum atomic E-state index is -0.802. The second-order valence-corrected chi connectivity index (χ2v) is 4.36. The quantitative estimate of drug-likeness (QED) is 0.765.